The predicted octanol–water partition coefficient (Wildman–Crippen LogP) is 3.20. The number of rotatable bonds is 5. The second-order valence-electron chi connectivity index (χ2n) is 5.59. The van der Waals surface area contributed by atoms with Crippen molar-refractivity contribution in [1.29, 1.82) is 0 Å². The molecule has 1 amide bonds. The highest BCUT2D eigenvalue weighted by atomic mass is 16.5. The van der Waals surface area contributed by atoms with Crippen LogP contribution in [0.2, 0.25) is 0 Å². The Morgan fingerprint density at radius 1 is 1.35 bits per heavy atom. The molecule has 2 heterocycles. The number of hydrogen-bond acceptors (Lipinski definition) is 4. The highest BCUT2D eigenvalue weighted by molar-refractivity contribution is 6.02. The van der Waals surface area contributed by atoms with Crippen LogP contribution in [0.3, 0.4) is 0 Å². The maximum Gasteiger partial charge on any atom is 0.274 e. The number of nitrogens with zero attached hydrogens (tertiary/aromatic N) is 1. The standard InChI is InChI=1S/C18H20N2O3/c1-13-5-2-9-17(19-13)18(21)20-14-6-3-7-15(11-14)23-12-16-8-4-10-22-16/h2-3,5-7,9,11,16H,4,8,10,12H2,1H3,(H,20,21)/t16-/m1/s1. The average molecular weight is 312 g/mol. The summed E-state index contributed by atoms with van der Waals surface area (Å²) in [5.41, 5.74) is 1.89. The van der Waals surface area contributed by atoms with Crippen molar-refractivity contribution >= 4 is 11.6 Å². The summed E-state index contributed by atoms with van der Waals surface area (Å²) >= 11 is 0. The van der Waals surface area contributed by atoms with Gasteiger partial charge in [0.2, 0.25) is 0 Å². The molecule has 1 aromatic heterocycles. The second-order valence-corrected chi connectivity index (χ2v) is 5.59. The Labute approximate surface area is 135 Å². The monoisotopic (exact) mass is 312 g/mol. The number of carbonyl (C=O) groups is 1. The van der Waals surface area contributed by atoms with Gasteiger partial charge in [0.15, 0.2) is 0 Å². The zero-order chi connectivity index (χ0) is 16.1. The lowest BCUT2D eigenvalue weighted by Gasteiger charge is -2.12. The number of anilines is 1. The number of hydrogen-bond donors (Lipinski definition) is 1. The molecular formula is C18H20N2O3. The Kier molecular flexibility index (Phi) is 4.88. The number of pyridine rings is 1. The lowest BCUT2D eigenvalue weighted by molar-refractivity contribution is 0.0680. The molecule has 0 spiro atoms. The van der Waals surface area contributed by atoms with E-state index in [9.17, 15) is 4.79 Å². The number of nitrogens with one attached hydrogen (secondary N) is 1. The van der Waals surface area contributed by atoms with E-state index in [0.29, 0.717) is 18.0 Å². The Hall–Kier alpha value is -2.40. The van der Waals surface area contributed by atoms with E-state index in [2.05, 4.69) is 10.3 Å². The summed E-state index contributed by atoms with van der Waals surface area (Å²) in [6.07, 6.45) is 2.30. The first-order valence-corrected chi connectivity index (χ1v) is 7.80. The van der Waals surface area contributed by atoms with Crippen LogP contribution in [0.25, 0.3) is 0 Å². The zero-order valence-electron chi connectivity index (χ0n) is 13.1. The molecular weight excluding hydrogens is 292 g/mol. The molecule has 120 valence electrons. The van der Waals surface area contributed by atoms with Gasteiger partial charge in [-0.2, -0.15) is 0 Å². The largest absolute Gasteiger partial charge is 0.491 e. The Bertz CT molecular complexity index is 681. The van der Waals surface area contributed by atoms with E-state index in [1.54, 1.807) is 6.07 Å². The number of ether oxygens (including phenoxy) is 2. The minimum Gasteiger partial charge on any atom is -0.491 e. The van der Waals surface area contributed by atoms with E-state index in [0.717, 1.165) is 30.9 Å². The summed E-state index contributed by atoms with van der Waals surface area (Å²) in [5.74, 6) is 0.487. The number of benzene rings is 1. The van der Waals surface area contributed by atoms with Crippen LogP contribution >= 0.6 is 0 Å². The molecule has 1 aromatic carbocycles. The molecule has 0 aliphatic carbocycles. The van der Waals surface area contributed by atoms with Gasteiger partial charge >= 0.3 is 0 Å². The molecule has 0 unspecified atom stereocenters. The summed E-state index contributed by atoms with van der Waals surface area (Å²) in [6.45, 7) is 3.21. The molecule has 1 atom stereocenters. The van der Waals surface area contributed by atoms with Gasteiger partial charge < -0.3 is 14.8 Å². The predicted molar refractivity (Wildman–Crippen MR) is 87.8 cm³/mol. The van der Waals surface area contributed by atoms with Crippen LogP contribution in [0.4, 0.5) is 5.69 Å². The SMILES string of the molecule is Cc1cccc(C(=O)Nc2cccc(OC[C@H]3CCCO3)c2)n1. The Balaban J connectivity index is 1.61. The molecule has 1 N–H and O–H groups in total. The molecule has 5 nitrogen and oxygen atoms in total. The van der Waals surface area contributed by atoms with Crippen LogP contribution < -0.4 is 10.1 Å². The number of aryl methyl sites for hydroxylation is 1. The topological polar surface area (TPSA) is 60.5 Å². The molecule has 23 heavy (non-hydrogen) atoms. The molecule has 1 saturated heterocycles. The molecule has 5 heteroatoms. The van der Waals surface area contributed by atoms with Crippen LogP contribution in [-0.2, 0) is 4.74 Å². The van der Waals surface area contributed by atoms with Gasteiger partial charge in [-0.15, -0.1) is 0 Å². The summed E-state index contributed by atoms with van der Waals surface area (Å²) in [4.78, 5) is 16.4. The normalized spacial score (nSPS) is 17.0. The van der Waals surface area contributed by atoms with Gasteiger partial charge in [-0.25, -0.2) is 4.98 Å². The van der Waals surface area contributed by atoms with Crippen molar-refractivity contribution in [3.8, 4) is 5.75 Å². The molecule has 3 rings (SSSR count). The van der Waals surface area contributed by atoms with E-state index in [1.165, 1.54) is 0 Å². The van der Waals surface area contributed by atoms with E-state index >= 15 is 0 Å². The second kappa shape index (κ2) is 7.24. The fourth-order valence-electron chi connectivity index (χ4n) is 2.49. The molecule has 0 saturated carbocycles. The van der Waals surface area contributed by atoms with E-state index in [4.69, 9.17) is 9.47 Å². The fourth-order valence-corrected chi connectivity index (χ4v) is 2.49. The van der Waals surface area contributed by atoms with Crippen molar-refractivity contribution < 1.29 is 14.3 Å². The zero-order valence-corrected chi connectivity index (χ0v) is 13.1. The summed E-state index contributed by atoms with van der Waals surface area (Å²) in [6, 6.07) is 12.7. The van der Waals surface area contributed by atoms with Crippen molar-refractivity contribution in [2.75, 3.05) is 18.5 Å². The van der Waals surface area contributed by atoms with E-state index < -0.39 is 0 Å². The van der Waals surface area contributed by atoms with Gasteiger partial charge in [0.25, 0.3) is 5.91 Å². The summed E-state index contributed by atoms with van der Waals surface area (Å²) in [7, 11) is 0. The van der Waals surface area contributed by atoms with Gasteiger partial charge in [-0.3, -0.25) is 4.79 Å². The third-order valence-corrected chi connectivity index (χ3v) is 3.67. The summed E-state index contributed by atoms with van der Waals surface area (Å²) in [5, 5.41) is 2.84. The van der Waals surface area contributed by atoms with Crippen molar-refractivity contribution in [3.05, 3.63) is 53.9 Å². The number of carbonyl (C=O) groups excluding carboxylic acids is 1. The Morgan fingerprint density at radius 3 is 3.00 bits per heavy atom. The highest BCUT2D eigenvalue weighted by Crippen LogP contribution is 2.20. The third kappa shape index (κ3) is 4.29. The van der Waals surface area contributed by atoms with Crippen molar-refractivity contribution in [3.63, 3.8) is 0 Å². The maximum absolute atomic E-state index is 12.2. The quantitative estimate of drug-likeness (QED) is 0.921. The molecule has 0 bridgehead atoms. The number of amides is 1. The van der Waals surface area contributed by atoms with Crippen LogP contribution in [0.1, 0.15) is 29.0 Å². The van der Waals surface area contributed by atoms with Gasteiger partial charge in [0, 0.05) is 24.1 Å². The first kappa shape index (κ1) is 15.5. The summed E-state index contributed by atoms with van der Waals surface area (Å²) < 4.78 is 11.3. The highest BCUT2D eigenvalue weighted by Gasteiger charge is 2.16. The third-order valence-electron chi connectivity index (χ3n) is 3.67. The fraction of sp³-hybridized carbons (Fsp3) is 0.333. The van der Waals surface area contributed by atoms with Gasteiger partial charge in [-0.05, 0) is 44.0 Å². The van der Waals surface area contributed by atoms with E-state index in [-0.39, 0.29) is 12.0 Å². The van der Waals surface area contributed by atoms with Crippen molar-refractivity contribution in [2.45, 2.75) is 25.9 Å². The Morgan fingerprint density at radius 2 is 2.22 bits per heavy atom. The molecule has 1 fully saturated rings. The smallest absolute Gasteiger partial charge is 0.274 e. The van der Waals surface area contributed by atoms with Gasteiger partial charge in [0.1, 0.15) is 18.1 Å². The van der Waals surface area contributed by atoms with E-state index in [1.807, 2.05) is 43.3 Å². The number of aromatic nitrogens is 1. The average Bonchev–Trinajstić information content (AvgIpc) is 3.07. The van der Waals surface area contributed by atoms with Gasteiger partial charge in [0.05, 0.1) is 6.10 Å². The first-order chi connectivity index (χ1) is 11.2. The first-order valence-electron chi connectivity index (χ1n) is 7.80. The molecule has 0 radical (unpaired) electrons. The van der Waals surface area contributed by atoms with Crippen LogP contribution in [0.5, 0.6) is 5.75 Å². The minimum atomic E-state index is -0.232. The minimum absolute atomic E-state index is 0.171. The molecule has 1 aliphatic rings. The van der Waals surface area contributed by atoms with Crippen LogP contribution in [-0.4, -0.2) is 30.2 Å². The van der Waals surface area contributed by atoms with Gasteiger partial charge in [-0.1, -0.05) is 12.1 Å². The maximum atomic E-state index is 12.2. The van der Waals surface area contributed by atoms with Crippen LogP contribution in [0.15, 0.2) is 42.5 Å². The van der Waals surface area contributed by atoms with Crippen molar-refractivity contribution in [2.24, 2.45) is 0 Å². The van der Waals surface area contributed by atoms with Crippen LogP contribution in [0, 0.1) is 6.92 Å². The lowest BCUT2D eigenvalue weighted by Crippen LogP contribution is -2.16. The van der Waals surface area contributed by atoms with Crippen molar-refractivity contribution in [1.82, 2.24) is 4.98 Å². The lowest BCUT2D eigenvalue weighted by atomic mass is 10.2. The molecule has 2 aromatic rings. The molecule has 1 aliphatic heterocycles.